The van der Waals surface area contributed by atoms with E-state index in [1.54, 1.807) is 0 Å². The topological polar surface area (TPSA) is 34.1 Å². The second-order valence-corrected chi connectivity index (χ2v) is 9.01. The van der Waals surface area contributed by atoms with Gasteiger partial charge in [0.2, 0.25) is 0 Å². The molecule has 0 aromatic rings. The zero-order valence-electron chi connectivity index (χ0n) is 13.5. The first-order valence-corrected chi connectivity index (χ1v) is 8.96. The zero-order chi connectivity index (χ0) is 14.8. The van der Waals surface area contributed by atoms with Crippen molar-refractivity contribution in [2.75, 3.05) is 0 Å². The lowest BCUT2D eigenvalue weighted by Gasteiger charge is -2.59. The average molecular weight is 288 g/mol. The molecule has 0 unspecified atom stereocenters. The summed E-state index contributed by atoms with van der Waals surface area (Å²) in [6.07, 6.45) is 9.45. The van der Waals surface area contributed by atoms with Crippen molar-refractivity contribution >= 4 is 11.6 Å². The van der Waals surface area contributed by atoms with Gasteiger partial charge >= 0.3 is 0 Å². The van der Waals surface area contributed by atoms with Crippen LogP contribution in [0.25, 0.3) is 0 Å². The molecule has 0 radical (unpaired) electrons. The van der Waals surface area contributed by atoms with Crippen molar-refractivity contribution in [1.29, 1.82) is 0 Å². The fourth-order valence-corrected chi connectivity index (χ4v) is 6.82. The molecule has 0 aromatic carbocycles. The van der Waals surface area contributed by atoms with Gasteiger partial charge in [0.1, 0.15) is 11.6 Å². The van der Waals surface area contributed by atoms with E-state index in [9.17, 15) is 9.59 Å². The van der Waals surface area contributed by atoms with Crippen LogP contribution in [0, 0.1) is 34.5 Å². The molecule has 2 heteroatoms. The summed E-state index contributed by atoms with van der Waals surface area (Å²) in [5, 5.41) is 0. The monoisotopic (exact) mass is 288 g/mol. The Kier molecular flexibility index (Phi) is 2.94. The van der Waals surface area contributed by atoms with Gasteiger partial charge in [-0.25, -0.2) is 0 Å². The van der Waals surface area contributed by atoms with E-state index in [0.29, 0.717) is 34.2 Å². The summed E-state index contributed by atoms with van der Waals surface area (Å²) >= 11 is 0. The summed E-state index contributed by atoms with van der Waals surface area (Å²) in [5.74, 6) is 3.79. The highest BCUT2D eigenvalue weighted by Gasteiger charge is 2.59. The van der Waals surface area contributed by atoms with E-state index in [1.807, 2.05) is 0 Å². The van der Waals surface area contributed by atoms with E-state index in [2.05, 4.69) is 13.8 Å². The summed E-state index contributed by atoms with van der Waals surface area (Å²) < 4.78 is 0. The Bertz CT molecular complexity index is 496. The molecule has 4 aliphatic carbocycles. The maximum Gasteiger partial charge on any atom is 0.133 e. The Labute approximate surface area is 128 Å². The SMILES string of the molecule is C[C@@]12CC[C@@H]3[C@H](CC[C@H]4CC(=O)CC[C@@]43C)[C@@H]1CC(=O)C2. The van der Waals surface area contributed by atoms with Gasteiger partial charge in [0.25, 0.3) is 0 Å². The molecule has 0 heterocycles. The van der Waals surface area contributed by atoms with Gasteiger partial charge in [-0.3, -0.25) is 9.59 Å². The molecule has 0 spiro atoms. The molecule has 0 N–H and O–H groups in total. The fraction of sp³-hybridized carbons (Fsp3) is 0.895. The molecular formula is C19H28O2. The highest BCUT2D eigenvalue weighted by Crippen LogP contribution is 2.65. The van der Waals surface area contributed by atoms with Crippen molar-refractivity contribution in [2.24, 2.45) is 34.5 Å². The van der Waals surface area contributed by atoms with Crippen molar-refractivity contribution in [3.05, 3.63) is 0 Å². The van der Waals surface area contributed by atoms with Crippen LogP contribution in [0.4, 0.5) is 0 Å². The minimum atomic E-state index is 0.298. The third-order valence-corrected chi connectivity index (χ3v) is 8.05. The zero-order valence-corrected chi connectivity index (χ0v) is 13.5. The first-order chi connectivity index (χ1) is 9.92. The third-order valence-electron chi connectivity index (χ3n) is 8.05. The molecule has 6 atom stereocenters. The van der Waals surface area contributed by atoms with Crippen LogP contribution in [0.1, 0.15) is 71.6 Å². The molecular weight excluding hydrogens is 260 g/mol. The Morgan fingerprint density at radius 2 is 1.71 bits per heavy atom. The summed E-state index contributed by atoms with van der Waals surface area (Å²) in [6.45, 7) is 4.85. The highest BCUT2D eigenvalue weighted by molar-refractivity contribution is 5.82. The quantitative estimate of drug-likeness (QED) is 0.670. The normalized spacial score (nSPS) is 53.0. The number of carbonyl (C=O) groups excluding carboxylic acids is 2. The third kappa shape index (κ3) is 1.90. The molecule has 0 bridgehead atoms. The van der Waals surface area contributed by atoms with Crippen molar-refractivity contribution in [3.8, 4) is 0 Å². The van der Waals surface area contributed by atoms with Crippen LogP contribution in [0.2, 0.25) is 0 Å². The van der Waals surface area contributed by atoms with E-state index in [0.717, 1.165) is 43.9 Å². The molecule has 4 rings (SSSR count). The van der Waals surface area contributed by atoms with Gasteiger partial charge in [0.15, 0.2) is 0 Å². The van der Waals surface area contributed by atoms with E-state index < -0.39 is 0 Å². The Morgan fingerprint density at radius 3 is 2.52 bits per heavy atom. The highest BCUT2D eigenvalue weighted by atomic mass is 16.1. The second kappa shape index (κ2) is 4.43. The minimum Gasteiger partial charge on any atom is -0.300 e. The molecule has 0 saturated heterocycles. The lowest BCUT2D eigenvalue weighted by molar-refractivity contribution is -0.137. The van der Waals surface area contributed by atoms with Crippen LogP contribution in [0.15, 0.2) is 0 Å². The van der Waals surface area contributed by atoms with Gasteiger partial charge in [-0.1, -0.05) is 13.8 Å². The minimum absolute atomic E-state index is 0.298. The van der Waals surface area contributed by atoms with Crippen LogP contribution >= 0.6 is 0 Å². The Hall–Kier alpha value is -0.660. The van der Waals surface area contributed by atoms with E-state index in [4.69, 9.17) is 0 Å². The maximum atomic E-state index is 12.1. The molecule has 4 saturated carbocycles. The molecule has 0 aromatic heterocycles. The van der Waals surface area contributed by atoms with Gasteiger partial charge in [0, 0.05) is 25.7 Å². The average Bonchev–Trinajstić information content (AvgIpc) is 2.74. The number of ketones is 2. The lowest BCUT2D eigenvalue weighted by Crippen LogP contribution is -2.52. The maximum absolute atomic E-state index is 12.1. The number of carbonyl (C=O) groups is 2. The predicted molar refractivity (Wildman–Crippen MR) is 81.7 cm³/mol. The summed E-state index contributed by atoms with van der Waals surface area (Å²) in [4.78, 5) is 23.9. The van der Waals surface area contributed by atoms with Gasteiger partial charge in [0.05, 0.1) is 0 Å². The molecule has 0 amide bonds. The van der Waals surface area contributed by atoms with Crippen molar-refractivity contribution in [1.82, 2.24) is 0 Å². The van der Waals surface area contributed by atoms with Gasteiger partial charge in [-0.15, -0.1) is 0 Å². The Morgan fingerprint density at radius 1 is 0.905 bits per heavy atom. The van der Waals surface area contributed by atoms with Crippen molar-refractivity contribution < 1.29 is 9.59 Å². The van der Waals surface area contributed by atoms with Gasteiger partial charge < -0.3 is 0 Å². The van der Waals surface area contributed by atoms with Gasteiger partial charge in [-0.05, 0) is 66.6 Å². The number of hydrogen-bond acceptors (Lipinski definition) is 2. The van der Waals surface area contributed by atoms with E-state index >= 15 is 0 Å². The first kappa shape index (κ1) is 14.0. The summed E-state index contributed by atoms with van der Waals surface area (Å²) in [6, 6.07) is 0. The standard InChI is InChI=1S/C19H28O2/c1-18-7-6-16-15(17(18)10-14(21)11-18)4-3-12-9-13(20)5-8-19(12,16)2/h12,15-17H,3-11H2,1-2H3/t12-,15-,16+,17-,18-,19-/m0/s1. The summed E-state index contributed by atoms with van der Waals surface area (Å²) in [7, 11) is 0. The van der Waals surface area contributed by atoms with Crippen LogP contribution in [-0.4, -0.2) is 11.6 Å². The molecule has 4 fully saturated rings. The predicted octanol–water partition coefficient (Wildman–Crippen LogP) is 4.17. The number of fused-ring (bicyclic) bond motifs is 5. The molecule has 2 nitrogen and oxygen atoms in total. The largest absolute Gasteiger partial charge is 0.300 e. The van der Waals surface area contributed by atoms with E-state index in [-0.39, 0.29) is 0 Å². The smallest absolute Gasteiger partial charge is 0.133 e. The number of rotatable bonds is 0. The first-order valence-electron chi connectivity index (χ1n) is 8.96. The molecule has 21 heavy (non-hydrogen) atoms. The van der Waals surface area contributed by atoms with Crippen LogP contribution in [0.3, 0.4) is 0 Å². The fourth-order valence-electron chi connectivity index (χ4n) is 6.82. The Balaban J connectivity index is 1.65. The van der Waals surface area contributed by atoms with Crippen molar-refractivity contribution in [3.63, 3.8) is 0 Å². The summed E-state index contributed by atoms with van der Waals surface area (Å²) in [5.41, 5.74) is 0.676. The lowest BCUT2D eigenvalue weighted by atomic mass is 9.45. The van der Waals surface area contributed by atoms with Crippen molar-refractivity contribution in [2.45, 2.75) is 71.6 Å². The number of Topliss-reactive ketones (excluding diaryl/α,β-unsaturated/α-hetero) is 2. The second-order valence-electron chi connectivity index (χ2n) is 9.01. The van der Waals surface area contributed by atoms with Crippen LogP contribution < -0.4 is 0 Å². The molecule has 4 aliphatic rings. The molecule has 0 aliphatic heterocycles. The van der Waals surface area contributed by atoms with Crippen LogP contribution in [0.5, 0.6) is 0 Å². The van der Waals surface area contributed by atoms with Crippen LogP contribution in [-0.2, 0) is 9.59 Å². The number of hydrogen-bond donors (Lipinski definition) is 0. The molecule has 116 valence electrons. The van der Waals surface area contributed by atoms with Gasteiger partial charge in [-0.2, -0.15) is 0 Å². The van der Waals surface area contributed by atoms with E-state index in [1.165, 1.54) is 25.7 Å².